The van der Waals surface area contributed by atoms with Crippen LogP contribution in [0.25, 0.3) is 0 Å². The number of rotatable bonds is 15. The maximum Gasteiger partial charge on any atom is 0.408 e. The number of carboxylic acid groups (broad SMARTS) is 1. The summed E-state index contributed by atoms with van der Waals surface area (Å²) < 4.78 is 5.19. The first-order valence-corrected chi connectivity index (χ1v) is 13.0. The second-order valence-electron chi connectivity index (χ2n) is 7.86. The molecule has 0 saturated heterocycles. The van der Waals surface area contributed by atoms with Crippen molar-refractivity contribution in [1.29, 1.82) is 0 Å². The fourth-order valence-corrected chi connectivity index (χ4v) is 3.79. The van der Waals surface area contributed by atoms with E-state index in [0.717, 1.165) is 18.4 Å². The second kappa shape index (κ2) is 15.3. The van der Waals surface area contributed by atoms with E-state index in [-0.39, 0.29) is 36.1 Å². The van der Waals surface area contributed by atoms with Crippen LogP contribution in [-0.2, 0) is 36.6 Å². The van der Waals surface area contributed by atoms with Crippen molar-refractivity contribution in [2.45, 2.75) is 64.1 Å². The Balaban J connectivity index is 2.68. The van der Waals surface area contributed by atoms with Crippen LogP contribution in [-0.4, -0.2) is 59.2 Å². The summed E-state index contributed by atoms with van der Waals surface area (Å²) >= 11 is 0. The molecule has 9 heteroatoms. The minimum Gasteiger partial charge on any atom is -0.480 e. The van der Waals surface area contributed by atoms with Gasteiger partial charge < -0.3 is 20.5 Å². The lowest BCUT2D eigenvalue weighted by Gasteiger charge is -2.21. The Morgan fingerprint density at radius 2 is 1.69 bits per heavy atom. The monoisotopic (exact) mass is 467 g/mol. The Morgan fingerprint density at radius 3 is 2.28 bits per heavy atom. The van der Waals surface area contributed by atoms with Gasteiger partial charge in [-0.25, -0.2) is 9.59 Å². The maximum atomic E-state index is 12.8. The van der Waals surface area contributed by atoms with Crippen LogP contribution in [0.15, 0.2) is 30.3 Å². The van der Waals surface area contributed by atoms with Crippen molar-refractivity contribution < 1.29 is 29.0 Å². The first kappa shape index (κ1) is 27.5. The summed E-state index contributed by atoms with van der Waals surface area (Å²) in [5.74, 6) is -1.43. The summed E-state index contributed by atoms with van der Waals surface area (Å²) in [7, 11) is -0.0625. The molecule has 0 aliphatic heterocycles. The average Bonchev–Trinajstić information content (AvgIpc) is 2.74. The van der Waals surface area contributed by atoms with Crippen molar-refractivity contribution in [3.05, 3.63) is 35.9 Å². The van der Waals surface area contributed by atoms with E-state index < -0.39 is 30.1 Å². The Labute approximate surface area is 192 Å². The Bertz CT molecular complexity index is 741. The summed E-state index contributed by atoms with van der Waals surface area (Å²) in [6.07, 6.45) is 6.09. The van der Waals surface area contributed by atoms with Gasteiger partial charge in [0.15, 0.2) is 11.5 Å². The highest BCUT2D eigenvalue weighted by Crippen LogP contribution is 2.08. The molecule has 0 aromatic heterocycles. The normalized spacial score (nSPS) is 12.6. The summed E-state index contributed by atoms with van der Waals surface area (Å²) in [5.41, 5.74) is 0.812. The molecule has 3 N–H and O–H groups in total. The lowest BCUT2D eigenvalue weighted by atomic mass is 10.1. The van der Waals surface area contributed by atoms with Gasteiger partial charge in [-0.05, 0) is 29.3 Å². The van der Waals surface area contributed by atoms with Gasteiger partial charge >= 0.3 is 12.1 Å². The van der Waals surface area contributed by atoms with Crippen LogP contribution in [0.2, 0.25) is 0 Å². The van der Waals surface area contributed by atoms with E-state index >= 15 is 0 Å². The molecule has 178 valence electrons. The Hall–Kier alpha value is -2.55. The van der Waals surface area contributed by atoms with Crippen molar-refractivity contribution in [2.75, 3.05) is 18.3 Å². The van der Waals surface area contributed by atoms with Crippen LogP contribution in [0.3, 0.4) is 0 Å². The van der Waals surface area contributed by atoms with Crippen LogP contribution >= 0.6 is 0 Å². The van der Waals surface area contributed by atoms with Crippen molar-refractivity contribution in [3.63, 3.8) is 0 Å². The number of hydrogen-bond donors (Lipinski definition) is 3. The van der Waals surface area contributed by atoms with Crippen molar-refractivity contribution in [3.8, 4) is 0 Å². The molecule has 1 aromatic rings. The smallest absolute Gasteiger partial charge is 0.408 e. The lowest BCUT2D eigenvalue weighted by molar-refractivity contribution is -0.142. The number of hydrogen-bond acceptors (Lipinski definition) is 5. The number of unbranched alkanes of at least 4 members (excludes halogenated alkanes) is 2. The van der Waals surface area contributed by atoms with Gasteiger partial charge in [0.2, 0.25) is 5.91 Å². The van der Waals surface area contributed by atoms with Gasteiger partial charge in [0, 0.05) is 6.42 Å². The molecule has 0 aliphatic rings. The van der Waals surface area contributed by atoms with E-state index in [1.165, 1.54) is 0 Å². The summed E-state index contributed by atoms with van der Waals surface area (Å²) in [6, 6.07) is 7.03. The molecule has 0 heterocycles. The molecule has 0 fully saturated rings. The predicted octanol–water partition coefficient (Wildman–Crippen LogP) is 2.66. The molecule has 1 rings (SSSR count). The second-order valence-corrected chi connectivity index (χ2v) is 10.1. The highest BCUT2D eigenvalue weighted by molar-refractivity contribution is 7.96. The van der Waals surface area contributed by atoms with Gasteiger partial charge in [-0.15, -0.1) is 0 Å². The molecular formula is C23H35N2O6S+. The lowest BCUT2D eigenvalue weighted by Crippen LogP contribution is -2.51. The minimum atomic E-state index is -1.21. The van der Waals surface area contributed by atoms with Gasteiger partial charge in [0.25, 0.3) is 0 Å². The molecule has 0 spiro atoms. The van der Waals surface area contributed by atoms with E-state index in [2.05, 4.69) is 10.6 Å². The number of ketones is 1. The number of amides is 2. The number of Topliss-reactive ketones (excluding diaryl/α,β-unsaturated/α-hetero) is 1. The Kier molecular flexibility index (Phi) is 13.1. The van der Waals surface area contributed by atoms with E-state index in [0.29, 0.717) is 18.6 Å². The number of carboxylic acids is 1. The first-order chi connectivity index (χ1) is 15.2. The molecular weight excluding hydrogens is 432 g/mol. The van der Waals surface area contributed by atoms with E-state index in [1.54, 1.807) is 0 Å². The third-order valence-corrected chi connectivity index (χ3v) is 5.59. The molecule has 8 nitrogen and oxygen atoms in total. The summed E-state index contributed by atoms with van der Waals surface area (Å²) in [6.45, 7) is 2.08. The molecule has 0 radical (unpaired) electrons. The molecule has 1 aromatic carbocycles. The van der Waals surface area contributed by atoms with Crippen molar-refractivity contribution >= 4 is 34.6 Å². The topological polar surface area (TPSA) is 122 Å². The van der Waals surface area contributed by atoms with Crippen LogP contribution in [0, 0.1) is 0 Å². The number of nitrogens with one attached hydrogen (secondary N) is 2. The number of aliphatic carboxylic acids is 1. The number of carbonyl (C=O) groups is 4. The van der Waals surface area contributed by atoms with Gasteiger partial charge in [-0.3, -0.25) is 9.59 Å². The molecule has 0 bridgehead atoms. The van der Waals surface area contributed by atoms with Crippen LogP contribution in [0.4, 0.5) is 4.79 Å². The molecule has 2 atom stereocenters. The van der Waals surface area contributed by atoms with Gasteiger partial charge in [-0.1, -0.05) is 56.5 Å². The standard InChI is InChI=1S/C23H34N2O6S/c1-4-5-7-12-19(25-23(30)31-15-17-10-8-6-9-11-17)21(27)24-20(22(28)29)14-13-18(26)16-32(2)3/h6,8-11,19-20H,4-5,7,12-16H2,1-3H3,(H2-,24,25,27,28,29,30)/p+1. The van der Waals surface area contributed by atoms with Gasteiger partial charge in [0.1, 0.15) is 18.7 Å². The highest BCUT2D eigenvalue weighted by Gasteiger charge is 2.27. The Morgan fingerprint density at radius 1 is 1.00 bits per heavy atom. The number of alkyl carbamates (subject to hydrolysis) is 1. The van der Waals surface area contributed by atoms with Crippen molar-refractivity contribution in [1.82, 2.24) is 10.6 Å². The number of carbonyl (C=O) groups excluding carboxylic acids is 3. The molecule has 2 amide bonds. The van der Waals surface area contributed by atoms with E-state index in [4.69, 9.17) is 4.74 Å². The average molecular weight is 468 g/mol. The third-order valence-electron chi connectivity index (χ3n) is 4.69. The SMILES string of the molecule is CCCCCC(NC(=O)OCc1ccccc1)C(=O)NC(CCC(=O)C[S+](C)C)C(=O)O. The number of ether oxygens (including phenoxy) is 1. The van der Waals surface area contributed by atoms with Gasteiger partial charge in [0.05, 0.1) is 12.5 Å². The molecule has 32 heavy (non-hydrogen) atoms. The highest BCUT2D eigenvalue weighted by atomic mass is 32.2. The summed E-state index contributed by atoms with van der Waals surface area (Å²) in [5, 5.41) is 14.5. The van der Waals surface area contributed by atoms with E-state index in [1.807, 2.05) is 49.8 Å². The predicted molar refractivity (Wildman–Crippen MR) is 126 cm³/mol. The maximum absolute atomic E-state index is 12.8. The quantitative estimate of drug-likeness (QED) is 0.269. The molecule has 2 unspecified atom stereocenters. The first-order valence-electron chi connectivity index (χ1n) is 10.8. The fourth-order valence-electron chi connectivity index (χ4n) is 3.00. The van der Waals surface area contributed by atoms with Crippen LogP contribution in [0.1, 0.15) is 51.0 Å². The zero-order valence-corrected chi connectivity index (χ0v) is 19.9. The molecule has 0 aliphatic carbocycles. The minimum absolute atomic E-state index is 0.0112. The number of benzene rings is 1. The zero-order chi connectivity index (χ0) is 23.9. The van der Waals surface area contributed by atoms with Crippen LogP contribution in [0.5, 0.6) is 0 Å². The zero-order valence-electron chi connectivity index (χ0n) is 19.1. The largest absolute Gasteiger partial charge is 0.480 e. The summed E-state index contributed by atoms with van der Waals surface area (Å²) in [4.78, 5) is 48.5. The van der Waals surface area contributed by atoms with Gasteiger partial charge in [-0.2, -0.15) is 0 Å². The third kappa shape index (κ3) is 11.7. The van der Waals surface area contributed by atoms with Crippen LogP contribution < -0.4 is 10.6 Å². The fraction of sp³-hybridized carbons (Fsp3) is 0.565. The van der Waals surface area contributed by atoms with E-state index in [9.17, 15) is 24.3 Å². The van der Waals surface area contributed by atoms with Crippen molar-refractivity contribution in [2.24, 2.45) is 0 Å². The molecule has 0 saturated carbocycles.